The summed E-state index contributed by atoms with van der Waals surface area (Å²) in [5.74, 6) is 0.105. The van der Waals surface area contributed by atoms with Crippen molar-refractivity contribution in [2.75, 3.05) is 13.2 Å². The van der Waals surface area contributed by atoms with Crippen molar-refractivity contribution in [3.8, 4) is 0 Å². The van der Waals surface area contributed by atoms with Crippen molar-refractivity contribution in [1.29, 1.82) is 0 Å². The van der Waals surface area contributed by atoms with Gasteiger partial charge in [0.05, 0.1) is 19.3 Å². The van der Waals surface area contributed by atoms with Gasteiger partial charge in [-0.3, -0.25) is 4.98 Å². The number of hydrogen-bond acceptors (Lipinski definition) is 3. The summed E-state index contributed by atoms with van der Waals surface area (Å²) in [6.45, 7) is 3.08. The van der Waals surface area contributed by atoms with E-state index in [9.17, 15) is 5.11 Å². The van der Waals surface area contributed by atoms with E-state index >= 15 is 0 Å². The van der Waals surface area contributed by atoms with Crippen LogP contribution in [-0.2, 0) is 4.74 Å². The third-order valence-corrected chi connectivity index (χ3v) is 2.53. The predicted molar refractivity (Wildman–Crippen MR) is 48.5 cm³/mol. The van der Waals surface area contributed by atoms with Crippen LogP contribution in [0.1, 0.15) is 17.0 Å². The summed E-state index contributed by atoms with van der Waals surface area (Å²) in [5, 5.41) is 9.61. The minimum Gasteiger partial charge on any atom is -0.390 e. The minimum atomic E-state index is -0.372. The van der Waals surface area contributed by atoms with Crippen molar-refractivity contribution in [2.24, 2.45) is 0 Å². The molecule has 0 spiro atoms. The first-order valence-corrected chi connectivity index (χ1v) is 4.45. The second kappa shape index (κ2) is 3.44. The lowest BCUT2D eigenvalue weighted by Gasteiger charge is -2.14. The fourth-order valence-electron chi connectivity index (χ4n) is 1.70. The number of nitrogens with zero attached hydrogens (tertiary/aromatic N) is 1. The Balaban J connectivity index is 2.29. The second-order valence-electron chi connectivity index (χ2n) is 3.44. The maximum Gasteiger partial charge on any atom is 0.0864 e. The third-order valence-electron chi connectivity index (χ3n) is 2.53. The van der Waals surface area contributed by atoms with Crippen molar-refractivity contribution in [1.82, 2.24) is 4.98 Å². The number of aliphatic hydroxyl groups excluding tert-OH is 1. The number of ether oxygens (including phenoxy) is 1. The molecule has 2 heterocycles. The summed E-state index contributed by atoms with van der Waals surface area (Å²) < 4.78 is 5.20. The summed E-state index contributed by atoms with van der Waals surface area (Å²) in [5.41, 5.74) is 2.28. The average Bonchev–Trinajstić information content (AvgIpc) is 2.52. The van der Waals surface area contributed by atoms with Crippen LogP contribution in [0.15, 0.2) is 18.5 Å². The Kier molecular flexibility index (Phi) is 2.29. The van der Waals surface area contributed by atoms with E-state index in [0.717, 1.165) is 5.56 Å². The molecule has 2 atom stereocenters. The highest BCUT2D eigenvalue weighted by molar-refractivity contribution is 5.27. The number of aliphatic hydroxyl groups is 1. The molecule has 1 aromatic heterocycles. The van der Waals surface area contributed by atoms with Gasteiger partial charge in [-0.15, -0.1) is 0 Å². The number of aromatic nitrogens is 1. The van der Waals surface area contributed by atoms with Crippen molar-refractivity contribution in [2.45, 2.75) is 18.9 Å². The van der Waals surface area contributed by atoms with E-state index < -0.39 is 0 Å². The van der Waals surface area contributed by atoms with Crippen LogP contribution in [-0.4, -0.2) is 29.4 Å². The summed E-state index contributed by atoms with van der Waals surface area (Å²) in [4.78, 5) is 4.06. The topological polar surface area (TPSA) is 42.4 Å². The van der Waals surface area contributed by atoms with Crippen LogP contribution >= 0.6 is 0 Å². The highest BCUT2D eigenvalue weighted by Crippen LogP contribution is 2.27. The van der Waals surface area contributed by atoms with E-state index in [-0.39, 0.29) is 12.0 Å². The molecule has 0 aliphatic carbocycles. The van der Waals surface area contributed by atoms with Gasteiger partial charge < -0.3 is 9.84 Å². The van der Waals surface area contributed by atoms with Gasteiger partial charge in [0, 0.05) is 18.3 Å². The Bertz CT molecular complexity index is 301. The summed E-state index contributed by atoms with van der Waals surface area (Å²) in [7, 11) is 0. The SMILES string of the molecule is Cc1ccncc1C1COCC1O. The molecule has 3 heteroatoms. The Labute approximate surface area is 77.4 Å². The quantitative estimate of drug-likeness (QED) is 0.695. The van der Waals surface area contributed by atoms with Crippen molar-refractivity contribution >= 4 is 0 Å². The summed E-state index contributed by atoms with van der Waals surface area (Å²) in [6.07, 6.45) is 3.21. The van der Waals surface area contributed by atoms with Crippen LogP contribution in [0.3, 0.4) is 0 Å². The molecule has 0 radical (unpaired) electrons. The van der Waals surface area contributed by atoms with Gasteiger partial charge in [-0.2, -0.15) is 0 Å². The first-order chi connectivity index (χ1) is 6.29. The molecule has 1 aliphatic rings. The van der Waals surface area contributed by atoms with Gasteiger partial charge in [-0.1, -0.05) is 0 Å². The van der Waals surface area contributed by atoms with Gasteiger partial charge >= 0.3 is 0 Å². The van der Waals surface area contributed by atoms with Crippen molar-refractivity contribution < 1.29 is 9.84 Å². The molecule has 0 aromatic carbocycles. The first-order valence-electron chi connectivity index (χ1n) is 4.45. The van der Waals surface area contributed by atoms with E-state index in [1.54, 1.807) is 6.20 Å². The fraction of sp³-hybridized carbons (Fsp3) is 0.500. The number of pyridine rings is 1. The highest BCUT2D eigenvalue weighted by Gasteiger charge is 2.28. The van der Waals surface area contributed by atoms with Gasteiger partial charge in [-0.05, 0) is 24.1 Å². The van der Waals surface area contributed by atoms with Crippen LogP contribution < -0.4 is 0 Å². The van der Waals surface area contributed by atoms with Gasteiger partial charge in [-0.25, -0.2) is 0 Å². The zero-order valence-corrected chi connectivity index (χ0v) is 7.60. The monoisotopic (exact) mass is 179 g/mol. The molecule has 3 nitrogen and oxygen atoms in total. The Morgan fingerprint density at radius 3 is 3.00 bits per heavy atom. The predicted octanol–water partition coefficient (Wildman–Crippen LogP) is 0.865. The molecule has 1 aliphatic heterocycles. The van der Waals surface area contributed by atoms with E-state index in [2.05, 4.69) is 4.98 Å². The van der Waals surface area contributed by atoms with E-state index in [4.69, 9.17) is 4.74 Å². The highest BCUT2D eigenvalue weighted by atomic mass is 16.5. The Morgan fingerprint density at radius 2 is 2.38 bits per heavy atom. The zero-order chi connectivity index (χ0) is 9.26. The second-order valence-corrected chi connectivity index (χ2v) is 3.44. The number of rotatable bonds is 1. The van der Waals surface area contributed by atoms with Crippen LogP contribution in [0.5, 0.6) is 0 Å². The molecule has 1 aromatic rings. The van der Waals surface area contributed by atoms with Crippen LogP contribution in [0.25, 0.3) is 0 Å². The minimum absolute atomic E-state index is 0.105. The van der Waals surface area contributed by atoms with Crippen molar-refractivity contribution in [3.05, 3.63) is 29.6 Å². The van der Waals surface area contributed by atoms with Gasteiger partial charge in [0.15, 0.2) is 0 Å². The number of hydrogen-bond donors (Lipinski definition) is 1. The van der Waals surface area contributed by atoms with Crippen LogP contribution in [0, 0.1) is 6.92 Å². The third kappa shape index (κ3) is 1.57. The molecule has 0 saturated carbocycles. The van der Waals surface area contributed by atoms with Crippen molar-refractivity contribution in [3.63, 3.8) is 0 Å². The molecule has 1 N–H and O–H groups in total. The van der Waals surface area contributed by atoms with Crippen LogP contribution in [0.2, 0.25) is 0 Å². The Morgan fingerprint density at radius 1 is 1.54 bits per heavy atom. The molecule has 70 valence electrons. The largest absolute Gasteiger partial charge is 0.390 e. The van der Waals surface area contributed by atoms with Gasteiger partial charge in [0.25, 0.3) is 0 Å². The first kappa shape index (κ1) is 8.66. The normalized spacial score (nSPS) is 27.8. The van der Waals surface area contributed by atoms with E-state index in [1.165, 1.54) is 5.56 Å². The lowest BCUT2D eigenvalue weighted by molar-refractivity contribution is 0.124. The molecule has 2 unspecified atom stereocenters. The molecule has 2 rings (SSSR count). The maximum absolute atomic E-state index is 9.61. The maximum atomic E-state index is 9.61. The molecule has 1 fully saturated rings. The lowest BCUT2D eigenvalue weighted by atomic mass is 9.94. The fourth-order valence-corrected chi connectivity index (χ4v) is 1.70. The Hall–Kier alpha value is -0.930. The van der Waals surface area contributed by atoms with E-state index in [1.807, 2.05) is 19.2 Å². The molecule has 13 heavy (non-hydrogen) atoms. The van der Waals surface area contributed by atoms with E-state index in [0.29, 0.717) is 13.2 Å². The van der Waals surface area contributed by atoms with Crippen LogP contribution in [0.4, 0.5) is 0 Å². The zero-order valence-electron chi connectivity index (χ0n) is 7.60. The lowest BCUT2D eigenvalue weighted by Crippen LogP contribution is -2.16. The molecule has 0 amide bonds. The average molecular weight is 179 g/mol. The molecular formula is C10H13NO2. The molecular weight excluding hydrogens is 166 g/mol. The molecule has 0 bridgehead atoms. The smallest absolute Gasteiger partial charge is 0.0864 e. The summed E-state index contributed by atoms with van der Waals surface area (Å²) in [6, 6.07) is 1.96. The van der Waals surface area contributed by atoms with Gasteiger partial charge in [0.1, 0.15) is 0 Å². The standard InChI is InChI=1S/C10H13NO2/c1-7-2-3-11-4-8(7)9-5-13-6-10(9)12/h2-4,9-10,12H,5-6H2,1H3. The molecule has 1 saturated heterocycles. The summed E-state index contributed by atoms with van der Waals surface area (Å²) >= 11 is 0. The number of aryl methyl sites for hydroxylation is 1. The van der Waals surface area contributed by atoms with Gasteiger partial charge in [0.2, 0.25) is 0 Å².